The molecular formula is C16H14ClNO2. The van der Waals surface area contributed by atoms with Crippen molar-refractivity contribution in [3.05, 3.63) is 59.2 Å². The van der Waals surface area contributed by atoms with E-state index in [9.17, 15) is 0 Å². The number of rotatable bonds is 4. The molecule has 3 nitrogen and oxygen atoms in total. The molecule has 0 atom stereocenters. The minimum absolute atomic E-state index is 0.495. The van der Waals surface area contributed by atoms with Gasteiger partial charge in [-0.1, -0.05) is 23.7 Å². The van der Waals surface area contributed by atoms with E-state index in [2.05, 4.69) is 4.98 Å². The van der Waals surface area contributed by atoms with Gasteiger partial charge in [0.05, 0.1) is 7.11 Å². The second-order valence-corrected chi connectivity index (χ2v) is 4.91. The molecule has 0 fully saturated rings. The molecule has 1 aromatic heterocycles. The Bertz CT molecular complexity index is 736. The third-order valence-corrected chi connectivity index (χ3v) is 3.40. The molecule has 2 aromatic carbocycles. The van der Waals surface area contributed by atoms with Crippen LogP contribution in [-0.2, 0) is 6.61 Å². The van der Waals surface area contributed by atoms with Crippen LogP contribution in [0.3, 0.4) is 0 Å². The van der Waals surface area contributed by atoms with Crippen molar-refractivity contribution in [1.29, 1.82) is 0 Å². The summed E-state index contributed by atoms with van der Waals surface area (Å²) < 4.78 is 11.0. The van der Waals surface area contributed by atoms with Crippen LogP contribution in [0.4, 0.5) is 0 Å². The lowest BCUT2D eigenvalue weighted by Crippen LogP contribution is -1.94. The van der Waals surface area contributed by atoms with Gasteiger partial charge in [0.25, 0.3) is 0 Å². The fourth-order valence-corrected chi connectivity index (χ4v) is 2.30. The van der Waals surface area contributed by atoms with E-state index in [0.29, 0.717) is 6.61 Å². The van der Waals surface area contributed by atoms with Crippen LogP contribution in [0.15, 0.2) is 48.7 Å². The summed E-state index contributed by atoms with van der Waals surface area (Å²) in [6, 6.07) is 13.4. The molecule has 0 aliphatic heterocycles. The summed E-state index contributed by atoms with van der Waals surface area (Å²) in [6.45, 7) is 0.495. The molecule has 4 heteroatoms. The van der Waals surface area contributed by atoms with Crippen molar-refractivity contribution >= 4 is 22.5 Å². The van der Waals surface area contributed by atoms with E-state index < -0.39 is 0 Å². The summed E-state index contributed by atoms with van der Waals surface area (Å²) in [7, 11) is 1.64. The lowest BCUT2D eigenvalue weighted by atomic mass is 10.2. The summed E-state index contributed by atoms with van der Waals surface area (Å²) in [5.74, 6) is 1.57. The average Bonchev–Trinajstić information content (AvgIpc) is 2.87. The van der Waals surface area contributed by atoms with Gasteiger partial charge in [-0.15, -0.1) is 0 Å². The molecule has 1 heterocycles. The van der Waals surface area contributed by atoms with Gasteiger partial charge in [0.2, 0.25) is 0 Å². The molecule has 3 rings (SSSR count). The van der Waals surface area contributed by atoms with E-state index in [-0.39, 0.29) is 0 Å². The highest BCUT2D eigenvalue weighted by Crippen LogP contribution is 2.24. The molecule has 0 saturated heterocycles. The highest BCUT2D eigenvalue weighted by molar-refractivity contribution is 6.31. The predicted molar refractivity (Wildman–Crippen MR) is 80.6 cm³/mol. The zero-order valence-electron chi connectivity index (χ0n) is 11.0. The zero-order valence-corrected chi connectivity index (χ0v) is 11.8. The van der Waals surface area contributed by atoms with Crippen molar-refractivity contribution in [2.75, 3.05) is 7.11 Å². The Balaban J connectivity index is 1.79. The predicted octanol–water partition coefficient (Wildman–Crippen LogP) is 4.41. The molecule has 0 unspecified atom stereocenters. The molecule has 0 radical (unpaired) electrons. The number of hydrogen-bond donors (Lipinski definition) is 1. The van der Waals surface area contributed by atoms with Crippen molar-refractivity contribution in [2.24, 2.45) is 0 Å². The number of fused-ring (bicyclic) bond motifs is 1. The average molecular weight is 288 g/mol. The largest absolute Gasteiger partial charge is 0.497 e. The summed E-state index contributed by atoms with van der Waals surface area (Å²) in [4.78, 5) is 3.20. The van der Waals surface area contributed by atoms with Gasteiger partial charge >= 0.3 is 0 Å². The number of methoxy groups -OCH3 is 1. The monoisotopic (exact) mass is 287 g/mol. The van der Waals surface area contributed by atoms with E-state index in [4.69, 9.17) is 21.1 Å². The molecule has 0 aliphatic rings. The first-order valence-electron chi connectivity index (χ1n) is 6.28. The van der Waals surface area contributed by atoms with Crippen LogP contribution in [0, 0.1) is 0 Å². The van der Waals surface area contributed by atoms with Gasteiger partial charge in [-0.25, -0.2) is 0 Å². The smallest absolute Gasteiger partial charge is 0.123 e. The first-order chi connectivity index (χ1) is 9.76. The maximum Gasteiger partial charge on any atom is 0.123 e. The number of benzene rings is 2. The fourth-order valence-electron chi connectivity index (χ4n) is 2.13. The topological polar surface area (TPSA) is 34.2 Å². The molecule has 0 aliphatic carbocycles. The Labute approximate surface area is 122 Å². The Kier molecular flexibility index (Phi) is 3.52. The minimum atomic E-state index is 0.495. The summed E-state index contributed by atoms with van der Waals surface area (Å²) in [5.41, 5.74) is 2.11. The second-order valence-electron chi connectivity index (χ2n) is 4.47. The number of nitrogens with one attached hydrogen (secondary N) is 1. The first kappa shape index (κ1) is 12.9. The normalized spacial score (nSPS) is 10.7. The molecule has 20 heavy (non-hydrogen) atoms. The SMILES string of the molecule is COc1cccc(OCc2c[nH]c3cc(Cl)ccc23)c1. The lowest BCUT2D eigenvalue weighted by molar-refractivity contribution is 0.305. The van der Waals surface area contributed by atoms with Gasteiger partial charge in [-0.3, -0.25) is 0 Å². The van der Waals surface area contributed by atoms with Crippen molar-refractivity contribution in [1.82, 2.24) is 4.98 Å². The third-order valence-electron chi connectivity index (χ3n) is 3.17. The van der Waals surface area contributed by atoms with Crippen molar-refractivity contribution in [2.45, 2.75) is 6.61 Å². The van der Waals surface area contributed by atoms with Gasteiger partial charge in [-0.2, -0.15) is 0 Å². The van der Waals surface area contributed by atoms with Crippen molar-refractivity contribution < 1.29 is 9.47 Å². The number of halogens is 1. The maximum absolute atomic E-state index is 5.97. The van der Waals surface area contributed by atoms with Crippen LogP contribution in [0.25, 0.3) is 10.9 Å². The van der Waals surface area contributed by atoms with Crippen LogP contribution in [0.2, 0.25) is 5.02 Å². The van der Waals surface area contributed by atoms with Crippen molar-refractivity contribution in [3.63, 3.8) is 0 Å². The van der Waals surface area contributed by atoms with Crippen LogP contribution in [0.5, 0.6) is 11.5 Å². The van der Waals surface area contributed by atoms with E-state index in [1.54, 1.807) is 7.11 Å². The summed E-state index contributed by atoms with van der Waals surface area (Å²) in [6.07, 6.45) is 1.95. The first-order valence-corrected chi connectivity index (χ1v) is 6.66. The molecular weight excluding hydrogens is 274 g/mol. The molecule has 0 saturated carbocycles. The highest BCUT2D eigenvalue weighted by Gasteiger charge is 2.05. The van der Waals surface area contributed by atoms with Crippen LogP contribution >= 0.6 is 11.6 Å². The van der Waals surface area contributed by atoms with Crippen molar-refractivity contribution in [3.8, 4) is 11.5 Å². The van der Waals surface area contributed by atoms with E-state index in [1.165, 1.54) is 0 Å². The van der Waals surface area contributed by atoms with Gasteiger partial charge in [0.15, 0.2) is 0 Å². The molecule has 0 spiro atoms. The molecule has 102 valence electrons. The van der Waals surface area contributed by atoms with Crippen LogP contribution in [-0.4, -0.2) is 12.1 Å². The van der Waals surface area contributed by atoms with Gasteiger partial charge in [0.1, 0.15) is 18.1 Å². The van der Waals surface area contributed by atoms with Crippen LogP contribution in [0.1, 0.15) is 5.56 Å². The second kappa shape index (κ2) is 5.47. The Morgan fingerprint density at radius 3 is 2.80 bits per heavy atom. The van der Waals surface area contributed by atoms with Gasteiger partial charge < -0.3 is 14.5 Å². The van der Waals surface area contributed by atoms with E-state index in [1.807, 2.05) is 48.7 Å². The number of H-pyrrole nitrogens is 1. The van der Waals surface area contributed by atoms with E-state index >= 15 is 0 Å². The van der Waals surface area contributed by atoms with Gasteiger partial charge in [0, 0.05) is 33.8 Å². The fraction of sp³-hybridized carbons (Fsp3) is 0.125. The zero-order chi connectivity index (χ0) is 13.9. The third kappa shape index (κ3) is 2.58. The minimum Gasteiger partial charge on any atom is -0.497 e. The number of ether oxygens (including phenoxy) is 2. The quantitative estimate of drug-likeness (QED) is 0.771. The number of aromatic nitrogens is 1. The lowest BCUT2D eigenvalue weighted by Gasteiger charge is -2.07. The highest BCUT2D eigenvalue weighted by atomic mass is 35.5. The van der Waals surface area contributed by atoms with E-state index in [0.717, 1.165) is 33.0 Å². The summed E-state index contributed by atoms with van der Waals surface area (Å²) >= 11 is 5.97. The maximum atomic E-state index is 5.97. The number of aromatic amines is 1. The van der Waals surface area contributed by atoms with Gasteiger partial charge in [-0.05, 0) is 24.3 Å². The Morgan fingerprint density at radius 2 is 1.95 bits per heavy atom. The molecule has 1 N–H and O–H groups in total. The summed E-state index contributed by atoms with van der Waals surface area (Å²) in [5, 5.41) is 1.84. The Morgan fingerprint density at radius 1 is 1.10 bits per heavy atom. The van der Waals surface area contributed by atoms with Crippen LogP contribution < -0.4 is 9.47 Å². The molecule has 0 bridgehead atoms. The molecule has 0 amide bonds. The number of hydrogen-bond acceptors (Lipinski definition) is 2. The standard InChI is InChI=1S/C16H14ClNO2/c1-19-13-3-2-4-14(8-13)20-10-11-9-18-16-7-12(17)5-6-15(11)16/h2-9,18H,10H2,1H3. The molecule has 3 aromatic rings. The Hall–Kier alpha value is -2.13.